The van der Waals surface area contributed by atoms with Crippen LogP contribution in [0.4, 0.5) is 27.6 Å². The number of aromatic carboxylic acids is 1. The van der Waals surface area contributed by atoms with Gasteiger partial charge in [0.15, 0.2) is 0 Å². The molecule has 0 fully saturated rings. The van der Waals surface area contributed by atoms with Crippen molar-refractivity contribution < 1.29 is 41.4 Å². The summed E-state index contributed by atoms with van der Waals surface area (Å²) in [5, 5.41) is 9.12. The van der Waals surface area contributed by atoms with Crippen LogP contribution >= 0.6 is 0 Å². The molecule has 6 nitrogen and oxygen atoms in total. The van der Waals surface area contributed by atoms with Crippen molar-refractivity contribution in [1.29, 1.82) is 0 Å². The molecule has 4 rings (SSSR count). The van der Waals surface area contributed by atoms with E-state index >= 15 is 0 Å². The third-order valence-electron chi connectivity index (χ3n) is 5.36. The molecule has 0 unspecified atom stereocenters. The molecular weight excluding hydrogens is 511 g/mol. The van der Waals surface area contributed by atoms with E-state index in [1.807, 2.05) is 0 Å². The molecule has 1 amide bonds. The number of rotatable bonds is 7. The van der Waals surface area contributed by atoms with E-state index < -0.39 is 35.3 Å². The van der Waals surface area contributed by atoms with Crippen LogP contribution in [0.5, 0.6) is 11.6 Å². The SMILES string of the molecule is O=C(O)c1ccc(CN(C(=O)c2cccnc2Oc2cccc(C(F)(F)F)c2)c2ccc(F)cc2F)cc1. The second-order valence-corrected chi connectivity index (χ2v) is 7.97. The number of anilines is 1. The number of alkyl halides is 3. The third kappa shape index (κ3) is 5.94. The Morgan fingerprint density at radius 3 is 2.32 bits per heavy atom. The summed E-state index contributed by atoms with van der Waals surface area (Å²) in [6.45, 7) is -0.265. The summed E-state index contributed by atoms with van der Waals surface area (Å²) in [6, 6.07) is 14.7. The Morgan fingerprint density at radius 2 is 1.66 bits per heavy atom. The molecule has 38 heavy (non-hydrogen) atoms. The largest absolute Gasteiger partial charge is 0.478 e. The van der Waals surface area contributed by atoms with E-state index in [4.69, 9.17) is 9.84 Å². The first kappa shape index (κ1) is 26.3. The van der Waals surface area contributed by atoms with Crippen LogP contribution < -0.4 is 9.64 Å². The lowest BCUT2D eigenvalue weighted by Gasteiger charge is -2.24. The molecule has 3 aromatic carbocycles. The molecule has 0 aliphatic rings. The Balaban J connectivity index is 1.73. The van der Waals surface area contributed by atoms with Gasteiger partial charge in [-0.15, -0.1) is 0 Å². The maximum atomic E-state index is 14.8. The summed E-state index contributed by atoms with van der Waals surface area (Å²) in [4.78, 5) is 29.8. The standard InChI is InChI=1S/C27H17F5N2O4/c28-19-10-11-23(22(29)14-19)34(15-16-6-8-17(9-7-16)26(36)37)25(35)21-5-2-12-33-24(21)38-20-4-1-3-18(13-20)27(30,31)32/h1-14H,15H2,(H,36,37). The van der Waals surface area contributed by atoms with E-state index in [1.54, 1.807) is 0 Å². The van der Waals surface area contributed by atoms with Gasteiger partial charge in [0.2, 0.25) is 5.88 Å². The Kier molecular flexibility index (Phi) is 7.38. The van der Waals surface area contributed by atoms with Gasteiger partial charge in [-0.1, -0.05) is 18.2 Å². The number of halogens is 5. The number of ether oxygens (including phenoxy) is 1. The Bertz CT molecular complexity index is 1490. The van der Waals surface area contributed by atoms with Crippen LogP contribution in [0.2, 0.25) is 0 Å². The normalized spacial score (nSPS) is 11.2. The first-order chi connectivity index (χ1) is 18.0. The quantitative estimate of drug-likeness (QED) is 0.270. The second-order valence-electron chi connectivity index (χ2n) is 7.97. The lowest BCUT2D eigenvalue weighted by atomic mass is 10.1. The van der Waals surface area contributed by atoms with Gasteiger partial charge in [0.25, 0.3) is 5.91 Å². The zero-order chi connectivity index (χ0) is 27.4. The number of carboxylic acids is 1. The van der Waals surface area contributed by atoms with Gasteiger partial charge in [-0.25, -0.2) is 18.6 Å². The molecule has 0 spiro atoms. The van der Waals surface area contributed by atoms with Crippen molar-refractivity contribution in [3.63, 3.8) is 0 Å². The maximum Gasteiger partial charge on any atom is 0.416 e. The highest BCUT2D eigenvalue weighted by Gasteiger charge is 2.31. The van der Waals surface area contributed by atoms with Crippen molar-refractivity contribution in [3.05, 3.63) is 119 Å². The highest BCUT2D eigenvalue weighted by atomic mass is 19.4. The monoisotopic (exact) mass is 528 g/mol. The van der Waals surface area contributed by atoms with Gasteiger partial charge in [-0.2, -0.15) is 13.2 Å². The van der Waals surface area contributed by atoms with Gasteiger partial charge in [-0.05, 0) is 60.2 Å². The van der Waals surface area contributed by atoms with Gasteiger partial charge in [0.05, 0.1) is 23.4 Å². The minimum Gasteiger partial charge on any atom is -0.478 e. The zero-order valence-electron chi connectivity index (χ0n) is 19.2. The van der Waals surface area contributed by atoms with Gasteiger partial charge in [0, 0.05) is 12.3 Å². The van der Waals surface area contributed by atoms with E-state index in [0.717, 1.165) is 35.2 Å². The molecule has 0 saturated carbocycles. The number of hydrogen-bond acceptors (Lipinski definition) is 4. The van der Waals surface area contributed by atoms with Crippen LogP contribution in [0.25, 0.3) is 0 Å². The molecule has 4 aromatic rings. The van der Waals surface area contributed by atoms with E-state index in [0.29, 0.717) is 11.6 Å². The number of amides is 1. The topological polar surface area (TPSA) is 79.7 Å². The van der Waals surface area contributed by atoms with Crippen molar-refractivity contribution in [2.75, 3.05) is 4.90 Å². The smallest absolute Gasteiger partial charge is 0.416 e. The first-order valence-electron chi connectivity index (χ1n) is 10.9. The van der Waals surface area contributed by atoms with E-state index in [2.05, 4.69) is 4.98 Å². The fraction of sp³-hybridized carbons (Fsp3) is 0.0741. The summed E-state index contributed by atoms with van der Waals surface area (Å²) < 4.78 is 73.3. The predicted molar refractivity (Wildman–Crippen MR) is 126 cm³/mol. The zero-order valence-corrected chi connectivity index (χ0v) is 19.2. The highest BCUT2D eigenvalue weighted by Crippen LogP contribution is 2.34. The molecule has 1 aromatic heterocycles. The minimum atomic E-state index is -4.63. The lowest BCUT2D eigenvalue weighted by Crippen LogP contribution is -2.31. The van der Waals surface area contributed by atoms with Gasteiger partial charge < -0.3 is 14.7 Å². The third-order valence-corrected chi connectivity index (χ3v) is 5.36. The van der Waals surface area contributed by atoms with Crippen LogP contribution in [0, 0.1) is 11.6 Å². The van der Waals surface area contributed by atoms with Gasteiger partial charge in [0.1, 0.15) is 22.9 Å². The van der Waals surface area contributed by atoms with E-state index in [-0.39, 0.29) is 35.0 Å². The number of carbonyl (C=O) groups is 2. The second kappa shape index (κ2) is 10.7. The molecule has 11 heteroatoms. The molecule has 1 heterocycles. The average Bonchev–Trinajstić information content (AvgIpc) is 2.87. The summed E-state index contributed by atoms with van der Waals surface area (Å²) in [5.74, 6) is -4.53. The summed E-state index contributed by atoms with van der Waals surface area (Å²) >= 11 is 0. The van der Waals surface area contributed by atoms with Crippen LogP contribution in [-0.2, 0) is 12.7 Å². The number of pyridine rings is 1. The number of carbonyl (C=O) groups excluding carboxylic acids is 1. The van der Waals surface area contributed by atoms with Crippen LogP contribution in [0.1, 0.15) is 31.8 Å². The average molecular weight is 528 g/mol. The Hall–Kier alpha value is -4.80. The van der Waals surface area contributed by atoms with Crippen LogP contribution in [0.3, 0.4) is 0 Å². The molecule has 0 bridgehead atoms. The Morgan fingerprint density at radius 1 is 0.921 bits per heavy atom. The summed E-state index contributed by atoms with van der Waals surface area (Å²) in [5.41, 5.74) is -1.08. The fourth-order valence-corrected chi connectivity index (χ4v) is 3.53. The van der Waals surface area contributed by atoms with Crippen molar-refractivity contribution in [1.82, 2.24) is 4.98 Å². The first-order valence-corrected chi connectivity index (χ1v) is 10.9. The van der Waals surface area contributed by atoms with Crippen molar-refractivity contribution >= 4 is 17.6 Å². The molecule has 194 valence electrons. The molecule has 0 aliphatic carbocycles. The number of hydrogen-bond donors (Lipinski definition) is 1. The molecule has 0 aliphatic heterocycles. The van der Waals surface area contributed by atoms with Gasteiger partial charge in [-0.3, -0.25) is 4.79 Å². The molecular formula is C27H17F5N2O4. The number of aromatic nitrogens is 1. The van der Waals surface area contributed by atoms with Crippen LogP contribution in [-0.4, -0.2) is 22.0 Å². The number of benzene rings is 3. The summed E-state index contributed by atoms with van der Waals surface area (Å²) in [6.07, 6.45) is -3.37. The number of nitrogens with zero attached hydrogens (tertiary/aromatic N) is 2. The lowest BCUT2D eigenvalue weighted by molar-refractivity contribution is -0.137. The molecule has 0 radical (unpaired) electrons. The van der Waals surface area contributed by atoms with Crippen molar-refractivity contribution in [3.8, 4) is 11.6 Å². The van der Waals surface area contributed by atoms with E-state index in [9.17, 15) is 31.5 Å². The predicted octanol–water partition coefficient (Wildman–Crippen LogP) is 6.72. The molecule has 0 atom stereocenters. The van der Waals surface area contributed by atoms with Crippen molar-refractivity contribution in [2.24, 2.45) is 0 Å². The van der Waals surface area contributed by atoms with Crippen molar-refractivity contribution in [2.45, 2.75) is 12.7 Å². The summed E-state index contributed by atoms with van der Waals surface area (Å²) in [7, 11) is 0. The maximum absolute atomic E-state index is 14.8. The Labute approximate surface area is 212 Å². The highest BCUT2D eigenvalue weighted by molar-refractivity contribution is 6.07. The molecule has 1 N–H and O–H groups in total. The fourth-order valence-electron chi connectivity index (χ4n) is 3.53. The minimum absolute atomic E-state index is 0.0105. The van der Waals surface area contributed by atoms with Gasteiger partial charge >= 0.3 is 12.1 Å². The van der Waals surface area contributed by atoms with Crippen LogP contribution in [0.15, 0.2) is 85.1 Å². The van der Waals surface area contributed by atoms with E-state index in [1.165, 1.54) is 48.7 Å². The molecule has 0 saturated heterocycles. The number of carboxylic acid groups (broad SMARTS) is 1.